The summed E-state index contributed by atoms with van der Waals surface area (Å²) in [6.45, 7) is 2.73. The third-order valence-electron chi connectivity index (χ3n) is 4.53. The summed E-state index contributed by atoms with van der Waals surface area (Å²) in [5.41, 5.74) is 2.05. The fourth-order valence-corrected chi connectivity index (χ4v) is 6.33. The molecule has 32 heavy (non-hydrogen) atoms. The fraction of sp³-hybridized carbons (Fsp3) is 0.200. The molecule has 7 heteroatoms. The van der Waals surface area contributed by atoms with Crippen LogP contribution in [0.4, 0.5) is 0 Å². The summed E-state index contributed by atoms with van der Waals surface area (Å²) < 4.78 is 35.5. The molecule has 0 bridgehead atoms. The lowest BCUT2D eigenvalue weighted by Gasteiger charge is -2.22. The summed E-state index contributed by atoms with van der Waals surface area (Å²) in [6, 6.07) is 25.6. The van der Waals surface area contributed by atoms with Crippen LogP contribution in [0.25, 0.3) is 4.13 Å². The van der Waals surface area contributed by atoms with Gasteiger partial charge in [0.15, 0.2) is 0 Å². The van der Waals surface area contributed by atoms with Crippen LogP contribution in [0.5, 0.6) is 0 Å². The van der Waals surface area contributed by atoms with E-state index in [0.29, 0.717) is 13.2 Å². The van der Waals surface area contributed by atoms with Gasteiger partial charge in [-0.15, -0.1) is 0 Å². The maximum atomic E-state index is 12.9. The van der Waals surface area contributed by atoms with Crippen molar-refractivity contribution in [3.05, 3.63) is 112 Å². The topological polar surface area (TPSA) is 77.7 Å². The molecule has 5 nitrogen and oxygen atoms in total. The lowest BCUT2D eigenvalue weighted by atomic mass is 10.2. The molecule has 3 aromatic rings. The fourth-order valence-electron chi connectivity index (χ4n) is 2.87. The van der Waals surface area contributed by atoms with Crippen LogP contribution in [-0.2, 0) is 32.4 Å². The summed E-state index contributed by atoms with van der Waals surface area (Å²) in [7, 11) is -3.85. The summed E-state index contributed by atoms with van der Waals surface area (Å²) in [4.78, 5) is 0.909. The molecule has 1 N–H and O–H groups in total. The van der Waals surface area contributed by atoms with Gasteiger partial charge in [0.05, 0.1) is 18.1 Å². The monoisotopic (exact) mass is 469 g/mol. The average molecular weight is 470 g/mol. The van der Waals surface area contributed by atoms with Crippen molar-refractivity contribution in [3.8, 4) is 0 Å². The van der Waals surface area contributed by atoms with Gasteiger partial charge < -0.3 is 14.0 Å². The van der Waals surface area contributed by atoms with E-state index in [1.807, 2.05) is 67.6 Å². The zero-order valence-corrected chi connectivity index (χ0v) is 19.5. The predicted octanol–water partition coefficient (Wildman–Crippen LogP) is 4.78. The van der Waals surface area contributed by atoms with Gasteiger partial charge in [-0.3, -0.25) is 0 Å². The normalized spacial score (nSPS) is 13.8. The van der Waals surface area contributed by atoms with Crippen LogP contribution in [0.1, 0.15) is 11.1 Å². The van der Waals surface area contributed by atoms with Crippen LogP contribution < -0.4 is 0 Å². The van der Waals surface area contributed by atoms with Crippen LogP contribution in [-0.4, -0.2) is 32.0 Å². The minimum atomic E-state index is -3.85. The number of ether oxygens (including phenoxy) is 1. The Morgan fingerprint density at radius 1 is 0.969 bits per heavy atom. The first-order valence-electron chi connectivity index (χ1n) is 10.2. The zero-order chi connectivity index (χ0) is 22.8. The number of hydrogen-bond donors (Lipinski definition) is 1. The number of nitrogens with zero attached hydrogens (tertiary/aromatic N) is 1. The molecule has 0 aromatic heterocycles. The van der Waals surface area contributed by atoms with E-state index in [-0.39, 0.29) is 10.6 Å². The Kier molecular flexibility index (Phi) is 9.08. The second-order valence-corrected chi connectivity index (χ2v) is 10.8. The summed E-state index contributed by atoms with van der Waals surface area (Å²) >= 11 is -1.04. The van der Waals surface area contributed by atoms with Gasteiger partial charge in [-0.1, -0.05) is 78.4 Å². The van der Waals surface area contributed by atoms with Crippen molar-refractivity contribution in [2.75, 3.05) is 12.4 Å². The van der Waals surface area contributed by atoms with Gasteiger partial charge >= 0.3 is 0 Å². The highest BCUT2D eigenvalue weighted by molar-refractivity contribution is 8.14. The zero-order valence-electron chi connectivity index (χ0n) is 17.9. The van der Waals surface area contributed by atoms with Crippen LogP contribution in [0, 0.1) is 6.92 Å². The molecular weight excluding hydrogens is 442 g/mol. The largest absolute Gasteiger partial charge is 0.384 e. The molecule has 0 saturated carbocycles. The second kappa shape index (κ2) is 12.0. The maximum absolute atomic E-state index is 12.9. The molecule has 0 heterocycles. The minimum absolute atomic E-state index is 0.149. The molecule has 2 atom stereocenters. The van der Waals surface area contributed by atoms with Crippen molar-refractivity contribution in [3.63, 3.8) is 0 Å². The number of hydrogen-bond acceptors (Lipinski definition) is 4. The molecule has 0 aliphatic carbocycles. The molecule has 0 fully saturated rings. The Hall–Kier alpha value is -2.42. The molecule has 0 amide bonds. The Balaban J connectivity index is 1.62. The molecule has 168 valence electrons. The van der Waals surface area contributed by atoms with Crippen LogP contribution in [0.15, 0.2) is 107 Å². The van der Waals surface area contributed by atoms with Crippen molar-refractivity contribution in [1.82, 2.24) is 0 Å². The van der Waals surface area contributed by atoms with Crippen LogP contribution >= 0.6 is 0 Å². The lowest BCUT2D eigenvalue weighted by Crippen LogP contribution is -2.21. The molecule has 0 radical (unpaired) electrons. The van der Waals surface area contributed by atoms with Crippen molar-refractivity contribution in [2.45, 2.75) is 29.4 Å². The summed E-state index contributed by atoms with van der Waals surface area (Å²) in [6.07, 6.45) is 2.52. The van der Waals surface area contributed by atoms with Gasteiger partial charge in [0.25, 0.3) is 0 Å². The molecule has 3 rings (SSSR count). The third kappa shape index (κ3) is 7.62. The maximum Gasteiger partial charge on any atom is 0.143 e. The van der Waals surface area contributed by atoms with E-state index in [0.717, 1.165) is 16.0 Å². The molecule has 0 saturated heterocycles. The highest BCUT2D eigenvalue weighted by atomic mass is 32.3. The first-order chi connectivity index (χ1) is 15.4. The van der Waals surface area contributed by atoms with Gasteiger partial charge in [0, 0.05) is 0 Å². The summed E-state index contributed by atoms with van der Waals surface area (Å²) in [5.74, 6) is 0.171. The quantitative estimate of drug-likeness (QED) is 0.249. The van der Waals surface area contributed by atoms with Crippen molar-refractivity contribution in [2.24, 2.45) is 0 Å². The number of aliphatic hydroxyl groups excluding tert-OH is 1. The smallest absolute Gasteiger partial charge is 0.143 e. The number of benzene rings is 3. The van der Waals surface area contributed by atoms with E-state index in [1.54, 1.807) is 36.4 Å². The Labute approximate surface area is 193 Å². The van der Waals surface area contributed by atoms with Crippen LogP contribution in [0.2, 0.25) is 0 Å². The van der Waals surface area contributed by atoms with E-state index in [9.17, 15) is 13.5 Å². The Morgan fingerprint density at radius 2 is 1.59 bits per heavy atom. The summed E-state index contributed by atoms with van der Waals surface area (Å²) in [5, 5.41) is 10.5. The van der Waals surface area contributed by atoms with E-state index in [4.69, 9.17) is 4.74 Å². The number of aliphatic hydroxyl groups is 1. The highest BCUT2D eigenvalue weighted by Crippen LogP contribution is 2.28. The van der Waals surface area contributed by atoms with Crippen molar-refractivity contribution < 1.29 is 18.3 Å². The van der Waals surface area contributed by atoms with Gasteiger partial charge in [0.1, 0.15) is 26.8 Å². The first-order valence-corrected chi connectivity index (χ1v) is 13.0. The molecule has 3 aromatic carbocycles. The van der Waals surface area contributed by atoms with E-state index < -0.39 is 27.2 Å². The number of aryl methyl sites for hydroxylation is 1. The van der Waals surface area contributed by atoms with Crippen LogP contribution in [0.3, 0.4) is 0 Å². The van der Waals surface area contributed by atoms with E-state index in [2.05, 4.69) is 4.13 Å². The number of sulfonamides is 1. The van der Waals surface area contributed by atoms with Gasteiger partial charge in [-0.05, 0) is 47.8 Å². The van der Waals surface area contributed by atoms with Crippen molar-refractivity contribution in [1.29, 1.82) is 0 Å². The predicted molar refractivity (Wildman–Crippen MR) is 130 cm³/mol. The number of rotatable bonds is 11. The lowest BCUT2D eigenvalue weighted by molar-refractivity contribution is 0.147. The third-order valence-corrected chi connectivity index (χ3v) is 8.38. The van der Waals surface area contributed by atoms with E-state index >= 15 is 0 Å². The Morgan fingerprint density at radius 3 is 2.25 bits per heavy atom. The Bertz CT molecular complexity index is 1090. The van der Waals surface area contributed by atoms with E-state index in [1.165, 1.54) is 0 Å². The molecule has 1 unspecified atom stereocenters. The standard InChI is InChI=1S/C25H27NO4S2/c1-21-14-16-25(17-15-21)32(28,29)26-31(24-12-6-3-7-13-24)20-23(27)11-8-18-30-19-22-9-4-2-5-10-22/h2-17,23,27H,18-20H2,1H3/b11-8+/t23-,31?/m0/s1. The molecule has 0 aliphatic rings. The first kappa shape index (κ1) is 24.2. The minimum Gasteiger partial charge on any atom is -0.384 e. The molecule has 0 spiro atoms. The highest BCUT2D eigenvalue weighted by Gasteiger charge is 2.22. The molecular formula is C25H27NO4S2. The van der Waals surface area contributed by atoms with Gasteiger partial charge in [0.2, 0.25) is 0 Å². The molecule has 0 aliphatic heterocycles. The van der Waals surface area contributed by atoms with Gasteiger partial charge in [-0.25, -0.2) is 8.42 Å². The SMILES string of the molecule is Cc1ccc(S(=O)(=O)[N-][S+](C[C@@H](O)/C=C/COCc2ccccc2)c2ccccc2)cc1. The average Bonchev–Trinajstić information content (AvgIpc) is 2.80. The second-order valence-electron chi connectivity index (χ2n) is 7.20. The van der Waals surface area contributed by atoms with Crippen molar-refractivity contribution >= 4 is 21.1 Å². The van der Waals surface area contributed by atoms with Gasteiger partial charge in [-0.2, -0.15) is 0 Å².